The van der Waals surface area contributed by atoms with E-state index in [1.807, 2.05) is 19.9 Å². The van der Waals surface area contributed by atoms with Gasteiger partial charge in [0, 0.05) is 5.54 Å². The van der Waals surface area contributed by atoms with Crippen LogP contribution in [0.15, 0.2) is 0 Å². The first kappa shape index (κ1) is 7.41. The first-order valence-electron chi connectivity index (χ1n) is 2.47. The molecule has 0 aromatic rings. The summed E-state index contributed by atoms with van der Waals surface area (Å²) in [5.41, 5.74) is 2.28. The molecule has 3 N–H and O–H groups in total. The van der Waals surface area contributed by atoms with Crippen LogP contribution < -0.4 is 11.3 Å². The third kappa shape index (κ3) is 2.56. The Kier molecular flexibility index (Phi) is 2.46. The second-order valence-corrected chi connectivity index (χ2v) is 2.36. The van der Waals surface area contributed by atoms with Crippen LogP contribution in [0.3, 0.4) is 0 Å². The Hall–Kier alpha value is -0.590. The van der Waals surface area contributed by atoms with Gasteiger partial charge in [0.25, 0.3) is 0 Å². The quantitative estimate of drug-likeness (QED) is 0.395. The lowest BCUT2D eigenvalue weighted by Crippen LogP contribution is -2.43. The monoisotopic (exact) mass is 113 g/mol. The predicted octanol–water partition coefficient (Wildman–Crippen LogP) is 0.142. The Bertz CT molecular complexity index is 101. The van der Waals surface area contributed by atoms with Crippen molar-refractivity contribution in [1.82, 2.24) is 5.43 Å². The lowest BCUT2D eigenvalue weighted by atomic mass is 10.0. The molecule has 0 unspecified atom stereocenters. The molecule has 3 heteroatoms. The van der Waals surface area contributed by atoms with Crippen molar-refractivity contribution >= 4 is 0 Å². The number of nitrogens with zero attached hydrogens (tertiary/aromatic N) is 1. The summed E-state index contributed by atoms with van der Waals surface area (Å²) in [5, 5.41) is 8.19. The topological polar surface area (TPSA) is 61.8 Å². The van der Waals surface area contributed by atoms with Gasteiger partial charge in [-0.1, -0.05) is 0 Å². The van der Waals surface area contributed by atoms with Crippen molar-refractivity contribution in [2.75, 3.05) is 0 Å². The SMILES string of the molecule is CC(C)(CC#N)NN. The van der Waals surface area contributed by atoms with Crippen molar-refractivity contribution in [2.24, 2.45) is 5.84 Å². The van der Waals surface area contributed by atoms with Gasteiger partial charge in [-0.25, -0.2) is 0 Å². The summed E-state index contributed by atoms with van der Waals surface area (Å²) in [6.45, 7) is 3.74. The van der Waals surface area contributed by atoms with Gasteiger partial charge < -0.3 is 0 Å². The first-order valence-corrected chi connectivity index (χ1v) is 2.47. The molecule has 0 heterocycles. The fourth-order valence-electron chi connectivity index (χ4n) is 0.249. The average Bonchev–Trinajstić information content (AvgIpc) is 1.67. The van der Waals surface area contributed by atoms with Crippen LogP contribution in [-0.4, -0.2) is 5.54 Å². The van der Waals surface area contributed by atoms with E-state index in [1.165, 1.54) is 0 Å². The first-order chi connectivity index (χ1) is 3.62. The minimum atomic E-state index is -0.241. The number of hydrogen-bond donors (Lipinski definition) is 2. The molecule has 0 aliphatic carbocycles. The van der Waals surface area contributed by atoms with Crippen molar-refractivity contribution in [3.05, 3.63) is 0 Å². The Labute approximate surface area is 49.5 Å². The summed E-state index contributed by atoms with van der Waals surface area (Å²) in [6, 6.07) is 2.02. The lowest BCUT2D eigenvalue weighted by Gasteiger charge is -2.18. The molecule has 0 aromatic carbocycles. The van der Waals surface area contributed by atoms with Crippen LogP contribution in [0.2, 0.25) is 0 Å². The van der Waals surface area contributed by atoms with E-state index in [2.05, 4.69) is 5.43 Å². The Morgan fingerprint density at radius 3 is 2.38 bits per heavy atom. The Morgan fingerprint density at radius 2 is 2.25 bits per heavy atom. The van der Waals surface area contributed by atoms with Gasteiger partial charge in [-0.15, -0.1) is 0 Å². The van der Waals surface area contributed by atoms with Gasteiger partial charge >= 0.3 is 0 Å². The molecule has 0 fully saturated rings. The number of rotatable bonds is 2. The van der Waals surface area contributed by atoms with Gasteiger partial charge in [0.05, 0.1) is 12.5 Å². The number of hydrogen-bond acceptors (Lipinski definition) is 3. The summed E-state index contributed by atoms with van der Waals surface area (Å²) in [7, 11) is 0. The summed E-state index contributed by atoms with van der Waals surface area (Å²) >= 11 is 0. The highest BCUT2D eigenvalue weighted by Gasteiger charge is 2.12. The van der Waals surface area contributed by atoms with Crippen LogP contribution in [0.25, 0.3) is 0 Å². The lowest BCUT2D eigenvalue weighted by molar-refractivity contribution is 0.406. The number of nitriles is 1. The van der Waals surface area contributed by atoms with E-state index in [4.69, 9.17) is 11.1 Å². The molecule has 46 valence electrons. The van der Waals surface area contributed by atoms with Crippen molar-refractivity contribution in [2.45, 2.75) is 25.8 Å². The average molecular weight is 113 g/mol. The third-order valence-electron chi connectivity index (χ3n) is 0.912. The maximum absolute atomic E-state index is 8.19. The molecule has 0 amide bonds. The summed E-state index contributed by atoms with van der Waals surface area (Å²) in [5.74, 6) is 5.09. The molecule has 8 heavy (non-hydrogen) atoms. The number of nitrogens with one attached hydrogen (secondary N) is 1. The second kappa shape index (κ2) is 2.65. The molecule has 3 nitrogen and oxygen atoms in total. The Morgan fingerprint density at radius 1 is 1.75 bits per heavy atom. The highest BCUT2D eigenvalue weighted by molar-refractivity contribution is 4.86. The van der Waals surface area contributed by atoms with Crippen LogP contribution >= 0.6 is 0 Å². The molecule has 0 aliphatic heterocycles. The predicted molar refractivity (Wildman–Crippen MR) is 31.6 cm³/mol. The van der Waals surface area contributed by atoms with E-state index >= 15 is 0 Å². The maximum atomic E-state index is 8.19. The molecule has 0 bridgehead atoms. The van der Waals surface area contributed by atoms with E-state index in [1.54, 1.807) is 0 Å². The smallest absolute Gasteiger partial charge is 0.0641 e. The zero-order valence-electron chi connectivity index (χ0n) is 5.23. The van der Waals surface area contributed by atoms with Gasteiger partial charge in [0.2, 0.25) is 0 Å². The second-order valence-electron chi connectivity index (χ2n) is 2.36. The molecule has 0 spiro atoms. The molecule has 0 aliphatic rings. The summed E-state index contributed by atoms with van der Waals surface area (Å²) < 4.78 is 0. The van der Waals surface area contributed by atoms with Crippen LogP contribution in [0, 0.1) is 11.3 Å². The highest BCUT2D eigenvalue weighted by atomic mass is 15.3. The molecule has 0 saturated heterocycles. The molecule has 0 aromatic heterocycles. The molecular formula is C5H11N3. The van der Waals surface area contributed by atoms with Crippen LogP contribution in [0.1, 0.15) is 20.3 Å². The van der Waals surface area contributed by atoms with Crippen molar-refractivity contribution in [1.29, 1.82) is 5.26 Å². The molecule has 0 atom stereocenters. The van der Waals surface area contributed by atoms with Gasteiger partial charge in [-0.3, -0.25) is 11.3 Å². The summed E-state index contributed by atoms with van der Waals surface area (Å²) in [6.07, 6.45) is 0.434. The number of nitrogens with two attached hydrogens (primary N) is 1. The largest absolute Gasteiger partial charge is 0.271 e. The van der Waals surface area contributed by atoms with Gasteiger partial charge in [-0.05, 0) is 13.8 Å². The van der Waals surface area contributed by atoms with Gasteiger partial charge in [0.1, 0.15) is 0 Å². The minimum absolute atomic E-state index is 0.241. The zero-order valence-corrected chi connectivity index (χ0v) is 5.23. The van der Waals surface area contributed by atoms with Gasteiger partial charge in [0.15, 0.2) is 0 Å². The Balaban J connectivity index is 3.58. The normalized spacial score (nSPS) is 10.8. The molecular weight excluding hydrogens is 102 g/mol. The van der Waals surface area contributed by atoms with E-state index < -0.39 is 0 Å². The van der Waals surface area contributed by atoms with Gasteiger partial charge in [-0.2, -0.15) is 5.26 Å². The third-order valence-corrected chi connectivity index (χ3v) is 0.912. The summed E-state index contributed by atoms with van der Waals surface area (Å²) in [4.78, 5) is 0. The van der Waals surface area contributed by atoms with Crippen LogP contribution in [0.4, 0.5) is 0 Å². The van der Waals surface area contributed by atoms with E-state index in [9.17, 15) is 0 Å². The van der Waals surface area contributed by atoms with E-state index in [0.717, 1.165) is 0 Å². The van der Waals surface area contributed by atoms with Crippen LogP contribution in [0.5, 0.6) is 0 Å². The number of hydrazine groups is 1. The maximum Gasteiger partial charge on any atom is 0.0641 e. The molecule has 0 radical (unpaired) electrons. The molecule has 0 saturated carbocycles. The zero-order chi connectivity index (χ0) is 6.62. The fraction of sp³-hybridized carbons (Fsp3) is 0.800. The highest BCUT2D eigenvalue weighted by Crippen LogP contribution is 2.03. The fourth-order valence-corrected chi connectivity index (χ4v) is 0.249. The van der Waals surface area contributed by atoms with E-state index in [-0.39, 0.29) is 5.54 Å². The standard InChI is InChI=1S/C5H11N3/c1-5(2,8-7)3-4-6/h8H,3,7H2,1-2H3. The van der Waals surface area contributed by atoms with Crippen LogP contribution in [-0.2, 0) is 0 Å². The van der Waals surface area contributed by atoms with Crippen molar-refractivity contribution in [3.63, 3.8) is 0 Å². The molecule has 0 rings (SSSR count). The van der Waals surface area contributed by atoms with Crippen molar-refractivity contribution in [3.8, 4) is 6.07 Å². The minimum Gasteiger partial charge on any atom is -0.271 e. The van der Waals surface area contributed by atoms with E-state index in [0.29, 0.717) is 6.42 Å². The van der Waals surface area contributed by atoms with Crippen molar-refractivity contribution < 1.29 is 0 Å².